The lowest BCUT2D eigenvalue weighted by atomic mass is 9.96. The third kappa shape index (κ3) is 6.12. The Bertz CT molecular complexity index is 933. The molecule has 9 heteroatoms. The summed E-state index contributed by atoms with van der Waals surface area (Å²) in [6.07, 6.45) is 3.88. The highest BCUT2D eigenvalue weighted by Crippen LogP contribution is 2.37. The molecule has 2 atom stereocenters. The maximum absolute atomic E-state index is 13.6. The van der Waals surface area contributed by atoms with Crippen LogP contribution in [0.1, 0.15) is 55.8 Å². The van der Waals surface area contributed by atoms with Crippen molar-refractivity contribution >= 4 is 36.5 Å². The maximum Gasteiger partial charge on any atom is 0.231 e. The zero-order valence-corrected chi connectivity index (χ0v) is 22.1. The zero-order chi connectivity index (χ0) is 22.7. The molecule has 0 saturated carbocycles. The number of ether oxygens (including phenoxy) is 1. The summed E-state index contributed by atoms with van der Waals surface area (Å²) in [5.74, 6) is 2.35. The van der Waals surface area contributed by atoms with E-state index in [4.69, 9.17) is 4.74 Å². The molecule has 0 spiro atoms. The van der Waals surface area contributed by atoms with Crippen LogP contribution in [0.15, 0.2) is 30.6 Å². The van der Waals surface area contributed by atoms with Crippen LogP contribution < -0.4 is 15.0 Å². The molecule has 2 heterocycles. The number of methoxy groups -OCH3 is 1. The molecular weight excluding hydrogens is 473 g/mol. The average Bonchev–Trinajstić information content (AvgIpc) is 3.20. The second-order valence-corrected chi connectivity index (χ2v) is 9.20. The Balaban J connectivity index is 0.00000204. The number of carbonyl (C=O) groups excluding carboxylic acids is 1. The monoisotopic (exact) mass is 509 g/mol. The van der Waals surface area contributed by atoms with Gasteiger partial charge in [0.1, 0.15) is 17.9 Å². The molecule has 0 unspecified atom stereocenters. The Hall–Kier alpha value is -2.09. The number of aromatic nitrogens is 2. The van der Waals surface area contributed by atoms with Crippen molar-refractivity contribution < 1.29 is 9.53 Å². The molecule has 1 amide bonds. The average molecular weight is 511 g/mol. The summed E-state index contributed by atoms with van der Waals surface area (Å²) in [6, 6.07) is 8.19. The van der Waals surface area contributed by atoms with E-state index in [1.165, 1.54) is 11.3 Å². The lowest BCUT2D eigenvalue weighted by molar-refractivity contribution is -0.133. The number of halogens is 2. The van der Waals surface area contributed by atoms with E-state index in [1.807, 2.05) is 29.2 Å². The topological polar surface area (TPSA) is 70.6 Å². The van der Waals surface area contributed by atoms with Gasteiger partial charge < -0.3 is 19.9 Å². The molecule has 2 aromatic rings. The summed E-state index contributed by atoms with van der Waals surface area (Å²) < 4.78 is 5.29. The number of anilines is 1. The van der Waals surface area contributed by atoms with Crippen LogP contribution in [-0.4, -0.2) is 66.7 Å². The minimum Gasteiger partial charge on any atom is -0.497 e. The molecule has 1 aromatic heterocycles. The van der Waals surface area contributed by atoms with Crippen LogP contribution in [0.25, 0.3) is 0 Å². The van der Waals surface area contributed by atoms with E-state index >= 15 is 0 Å². The number of hydrogen-bond acceptors (Lipinski definition) is 6. The predicted octanol–water partition coefficient (Wildman–Crippen LogP) is 3.81. The molecule has 1 aliphatic carbocycles. The minimum atomic E-state index is -0.210. The Morgan fingerprint density at radius 3 is 2.41 bits per heavy atom. The van der Waals surface area contributed by atoms with Gasteiger partial charge in [-0.3, -0.25) is 4.79 Å². The minimum absolute atomic E-state index is 0. The van der Waals surface area contributed by atoms with E-state index in [9.17, 15) is 4.79 Å². The molecule has 1 aromatic carbocycles. The first-order valence-corrected chi connectivity index (χ1v) is 11.7. The van der Waals surface area contributed by atoms with Gasteiger partial charge >= 0.3 is 0 Å². The third-order valence-corrected chi connectivity index (χ3v) is 6.69. The van der Waals surface area contributed by atoms with Crippen molar-refractivity contribution in [2.75, 3.05) is 44.7 Å². The molecule has 188 valence electrons. The fourth-order valence-corrected chi connectivity index (χ4v) is 4.77. The van der Waals surface area contributed by atoms with Crippen molar-refractivity contribution in [3.8, 4) is 5.75 Å². The summed E-state index contributed by atoms with van der Waals surface area (Å²) in [5.41, 5.74) is 3.53. The molecule has 1 aliphatic heterocycles. The fraction of sp³-hybridized carbons (Fsp3) is 0.560. The van der Waals surface area contributed by atoms with Crippen LogP contribution in [0.5, 0.6) is 5.75 Å². The van der Waals surface area contributed by atoms with Crippen LogP contribution in [0, 0.1) is 0 Å². The van der Waals surface area contributed by atoms with Gasteiger partial charge in [-0.25, -0.2) is 9.97 Å². The van der Waals surface area contributed by atoms with Gasteiger partial charge in [-0.1, -0.05) is 32.9 Å². The van der Waals surface area contributed by atoms with Crippen LogP contribution in [0.3, 0.4) is 0 Å². The number of carbonyl (C=O) groups is 1. The molecule has 1 N–H and O–H groups in total. The van der Waals surface area contributed by atoms with Gasteiger partial charge in [0.05, 0.1) is 13.0 Å². The van der Waals surface area contributed by atoms with Crippen molar-refractivity contribution in [3.63, 3.8) is 0 Å². The first-order valence-electron chi connectivity index (χ1n) is 11.7. The molecule has 0 radical (unpaired) electrons. The van der Waals surface area contributed by atoms with Crippen LogP contribution in [0.4, 0.5) is 5.82 Å². The molecular formula is C25H37Cl2N5O2. The number of hydrogen-bond donors (Lipinski definition) is 1. The second-order valence-electron chi connectivity index (χ2n) is 9.20. The van der Waals surface area contributed by atoms with Crippen LogP contribution in [-0.2, 0) is 11.2 Å². The molecule has 1 fully saturated rings. The highest BCUT2D eigenvalue weighted by molar-refractivity contribution is 5.86. The van der Waals surface area contributed by atoms with Gasteiger partial charge in [-0.05, 0) is 36.5 Å². The largest absolute Gasteiger partial charge is 0.497 e. The Labute approximate surface area is 215 Å². The number of amides is 1. The Kier molecular flexibility index (Phi) is 10.4. The normalized spacial score (nSPS) is 18.1. The summed E-state index contributed by atoms with van der Waals surface area (Å²) in [7, 11) is 1.66. The van der Waals surface area contributed by atoms with Gasteiger partial charge in [0.2, 0.25) is 5.91 Å². The van der Waals surface area contributed by atoms with Crippen molar-refractivity contribution in [3.05, 3.63) is 47.4 Å². The summed E-state index contributed by atoms with van der Waals surface area (Å²) >= 11 is 0. The highest BCUT2D eigenvalue weighted by Gasteiger charge is 2.32. The summed E-state index contributed by atoms with van der Waals surface area (Å²) in [6.45, 7) is 10.1. The van der Waals surface area contributed by atoms with E-state index in [0.717, 1.165) is 43.1 Å². The lowest BCUT2D eigenvalue weighted by Crippen LogP contribution is -2.51. The Morgan fingerprint density at radius 2 is 1.79 bits per heavy atom. The molecule has 4 rings (SSSR count). The van der Waals surface area contributed by atoms with E-state index in [-0.39, 0.29) is 36.6 Å². The van der Waals surface area contributed by atoms with Crippen LogP contribution >= 0.6 is 24.8 Å². The number of fused-ring (bicyclic) bond motifs is 1. The van der Waals surface area contributed by atoms with E-state index in [0.29, 0.717) is 31.6 Å². The number of piperazine rings is 1. The SMILES string of the molecule is COc1ccc([C@H](CNC(C)C)C(=O)N2CCN(c3ncnc4c3[C@H](C)CC4)CC2)cc1.Cl.Cl. The fourth-order valence-electron chi connectivity index (χ4n) is 4.77. The Morgan fingerprint density at radius 1 is 1.12 bits per heavy atom. The first-order chi connectivity index (χ1) is 15.5. The number of rotatable bonds is 7. The number of aryl methyl sites for hydroxylation is 1. The number of nitrogens with zero attached hydrogens (tertiary/aromatic N) is 4. The molecule has 0 bridgehead atoms. The van der Waals surface area contributed by atoms with Gasteiger partial charge in [0.15, 0.2) is 0 Å². The van der Waals surface area contributed by atoms with E-state index in [2.05, 4.69) is 41.0 Å². The molecule has 1 saturated heterocycles. The quantitative estimate of drug-likeness (QED) is 0.611. The second kappa shape index (κ2) is 12.6. The molecule has 7 nitrogen and oxygen atoms in total. The third-order valence-electron chi connectivity index (χ3n) is 6.69. The number of benzene rings is 1. The molecule has 34 heavy (non-hydrogen) atoms. The predicted molar refractivity (Wildman–Crippen MR) is 141 cm³/mol. The highest BCUT2D eigenvalue weighted by atomic mass is 35.5. The van der Waals surface area contributed by atoms with Crippen molar-refractivity contribution in [1.82, 2.24) is 20.2 Å². The van der Waals surface area contributed by atoms with E-state index < -0.39 is 0 Å². The van der Waals surface area contributed by atoms with Gasteiger partial charge in [-0.2, -0.15) is 0 Å². The molecule has 2 aliphatic rings. The first kappa shape index (κ1) is 28.1. The van der Waals surface area contributed by atoms with Gasteiger partial charge in [-0.15, -0.1) is 24.8 Å². The summed E-state index contributed by atoms with van der Waals surface area (Å²) in [5, 5.41) is 3.45. The lowest BCUT2D eigenvalue weighted by Gasteiger charge is -2.38. The van der Waals surface area contributed by atoms with Crippen LogP contribution in [0.2, 0.25) is 0 Å². The van der Waals surface area contributed by atoms with Gasteiger partial charge in [0, 0.05) is 50.0 Å². The van der Waals surface area contributed by atoms with Gasteiger partial charge in [0.25, 0.3) is 0 Å². The summed E-state index contributed by atoms with van der Waals surface area (Å²) in [4.78, 5) is 27.0. The maximum atomic E-state index is 13.6. The smallest absolute Gasteiger partial charge is 0.231 e. The standard InChI is InChI=1S/C25H35N5O2.2ClH/c1-17(2)26-15-21(19-6-8-20(32-4)9-7-19)25(31)30-13-11-29(12-14-30)24-23-18(3)5-10-22(23)27-16-28-24;;/h6-9,16-18,21,26H,5,10-15H2,1-4H3;2*1H/t18-,21+;;/m1../s1. The van der Waals surface area contributed by atoms with Crippen molar-refractivity contribution in [2.24, 2.45) is 0 Å². The number of nitrogens with one attached hydrogen (secondary N) is 1. The van der Waals surface area contributed by atoms with Crippen molar-refractivity contribution in [2.45, 2.75) is 51.5 Å². The zero-order valence-electron chi connectivity index (χ0n) is 20.5. The van der Waals surface area contributed by atoms with Crippen molar-refractivity contribution in [1.29, 1.82) is 0 Å². The van der Waals surface area contributed by atoms with E-state index in [1.54, 1.807) is 13.4 Å².